The molecule has 1 atom stereocenters. The Bertz CT molecular complexity index is 672. The number of hydrogen-bond donors (Lipinski definition) is 2. The van der Waals surface area contributed by atoms with E-state index in [1.54, 1.807) is 0 Å². The summed E-state index contributed by atoms with van der Waals surface area (Å²) in [5.74, 6) is 0. The molecule has 0 bridgehead atoms. The van der Waals surface area contributed by atoms with Crippen molar-refractivity contribution in [3.63, 3.8) is 0 Å². The van der Waals surface area contributed by atoms with Crippen molar-refractivity contribution in [1.29, 1.82) is 0 Å². The van der Waals surface area contributed by atoms with Crippen LogP contribution in [0.4, 0.5) is 0 Å². The molecule has 3 N–H and O–H groups in total. The highest BCUT2D eigenvalue weighted by atomic mass is 35.5. The van der Waals surface area contributed by atoms with Gasteiger partial charge in [-0.1, -0.05) is 37.7 Å². The number of thiocarbonyl (C=S) groups is 1. The lowest BCUT2D eigenvalue weighted by Gasteiger charge is -2.18. The van der Waals surface area contributed by atoms with Gasteiger partial charge in [-0.05, 0) is 42.9 Å². The lowest BCUT2D eigenvalue weighted by molar-refractivity contribution is 0.372. The maximum atomic E-state index is 12.4. The zero-order valence-corrected chi connectivity index (χ0v) is 14.4. The summed E-state index contributed by atoms with van der Waals surface area (Å²) in [6.07, 6.45) is 2.71. The average molecular weight is 347 g/mol. The zero-order chi connectivity index (χ0) is 15.8. The summed E-state index contributed by atoms with van der Waals surface area (Å²) in [5, 5.41) is 0.247. The summed E-state index contributed by atoms with van der Waals surface area (Å²) in [7, 11) is -3.58. The van der Waals surface area contributed by atoms with Crippen LogP contribution in [-0.2, 0) is 10.0 Å². The van der Waals surface area contributed by atoms with Crippen LogP contribution in [0.1, 0.15) is 38.7 Å². The van der Waals surface area contributed by atoms with E-state index >= 15 is 0 Å². The van der Waals surface area contributed by atoms with Gasteiger partial charge in [0.25, 0.3) is 0 Å². The number of halogens is 1. The quantitative estimate of drug-likeness (QED) is 0.822. The van der Waals surface area contributed by atoms with Crippen LogP contribution in [0.15, 0.2) is 23.1 Å². The molecule has 2 rings (SSSR count). The minimum Gasteiger partial charge on any atom is -0.389 e. The highest BCUT2D eigenvalue weighted by molar-refractivity contribution is 7.89. The monoisotopic (exact) mass is 346 g/mol. The Hall–Kier alpha value is -0.690. The van der Waals surface area contributed by atoms with Gasteiger partial charge in [0, 0.05) is 11.6 Å². The van der Waals surface area contributed by atoms with Gasteiger partial charge in [-0.3, -0.25) is 0 Å². The van der Waals surface area contributed by atoms with E-state index in [4.69, 9.17) is 29.6 Å². The first kappa shape index (κ1) is 16.7. The van der Waals surface area contributed by atoms with Crippen molar-refractivity contribution >= 4 is 38.8 Å². The number of nitrogens with one attached hydrogen (secondary N) is 1. The van der Waals surface area contributed by atoms with Crippen molar-refractivity contribution in [2.45, 2.75) is 44.0 Å². The van der Waals surface area contributed by atoms with Gasteiger partial charge in [-0.15, -0.1) is 0 Å². The summed E-state index contributed by atoms with van der Waals surface area (Å²) in [6.45, 7) is 4.30. The lowest BCUT2D eigenvalue weighted by Crippen LogP contribution is -2.33. The topological polar surface area (TPSA) is 72.2 Å². The minimum atomic E-state index is -3.58. The van der Waals surface area contributed by atoms with Crippen LogP contribution in [0.25, 0.3) is 0 Å². The predicted octanol–water partition coefficient (Wildman–Crippen LogP) is 2.83. The Morgan fingerprint density at radius 3 is 2.62 bits per heavy atom. The van der Waals surface area contributed by atoms with Crippen LogP contribution >= 0.6 is 23.8 Å². The summed E-state index contributed by atoms with van der Waals surface area (Å²) >= 11 is 10.9. The van der Waals surface area contributed by atoms with Crippen LogP contribution in [0.3, 0.4) is 0 Å². The molecule has 0 saturated heterocycles. The van der Waals surface area contributed by atoms with E-state index in [0.717, 1.165) is 19.3 Å². The Morgan fingerprint density at radius 2 is 2.14 bits per heavy atom. The van der Waals surface area contributed by atoms with Crippen LogP contribution in [0.5, 0.6) is 0 Å². The van der Waals surface area contributed by atoms with Gasteiger partial charge < -0.3 is 5.73 Å². The van der Waals surface area contributed by atoms with Gasteiger partial charge in [0.1, 0.15) is 4.99 Å². The van der Waals surface area contributed by atoms with Crippen LogP contribution in [-0.4, -0.2) is 19.4 Å². The normalized spacial score (nSPS) is 21.4. The fraction of sp³-hybridized carbons (Fsp3) is 0.500. The molecule has 0 amide bonds. The van der Waals surface area contributed by atoms with Gasteiger partial charge in [0.05, 0.1) is 9.92 Å². The molecular formula is C14H19ClN2O2S2. The second-order valence-electron chi connectivity index (χ2n) is 6.23. The van der Waals surface area contributed by atoms with Crippen molar-refractivity contribution in [2.24, 2.45) is 11.1 Å². The zero-order valence-electron chi connectivity index (χ0n) is 12.0. The maximum Gasteiger partial charge on any atom is 0.240 e. The smallest absolute Gasteiger partial charge is 0.240 e. The molecule has 0 aromatic heterocycles. The Morgan fingerprint density at radius 1 is 1.48 bits per heavy atom. The van der Waals surface area contributed by atoms with Crippen molar-refractivity contribution in [2.75, 3.05) is 0 Å². The fourth-order valence-electron chi connectivity index (χ4n) is 2.69. The molecule has 1 saturated carbocycles. The summed E-state index contributed by atoms with van der Waals surface area (Å²) < 4.78 is 27.5. The first-order valence-corrected chi connectivity index (χ1v) is 8.99. The summed E-state index contributed by atoms with van der Waals surface area (Å²) in [5.41, 5.74) is 6.18. The van der Waals surface area contributed by atoms with Crippen LogP contribution in [0, 0.1) is 5.41 Å². The average Bonchev–Trinajstić information content (AvgIpc) is 2.67. The molecule has 0 aliphatic heterocycles. The van der Waals surface area contributed by atoms with E-state index in [1.807, 2.05) is 0 Å². The van der Waals surface area contributed by atoms with Crippen molar-refractivity contribution in [1.82, 2.24) is 4.72 Å². The SMILES string of the molecule is CC1(C)CCC(NS(=O)(=O)c2ccc(C(N)=S)c(Cl)c2)C1. The molecule has 21 heavy (non-hydrogen) atoms. The number of hydrogen-bond acceptors (Lipinski definition) is 3. The van der Waals surface area contributed by atoms with E-state index < -0.39 is 10.0 Å². The van der Waals surface area contributed by atoms with E-state index in [9.17, 15) is 8.42 Å². The molecule has 1 aromatic rings. The molecule has 0 spiro atoms. The molecule has 1 fully saturated rings. The second kappa shape index (κ2) is 5.83. The van der Waals surface area contributed by atoms with Crippen molar-refractivity contribution in [3.8, 4) is 0 Å². The molecule has 1 aromatic carbocycles. The first-order valence-electron chi connectivity index (χ1n) is 6.72. The lowest BCUT2D eigenvalue weighted by atomic mass is 9.92. The van der Waals surface area contributed by atoms with Gasteiger partial charge in [-0.25, -0.2) is 13.1 Å². The molecular weight excluding hydrogens is 328 g/mol. The van der Waals surface area contributed by atoms with Crippen molar-refractivity contribution in [3.05, 3.63) is 28.8 Å². The largest absolute Gasteiger partial charge is 0.389 e. The molecule has 1 unspecified atom stereocenters. The minimum absolute atomic E-state index is 0.0287. The van der Waals surface area contributed by atoms with Gasteiger partial charge in [-0.2, -0.15) is 0 Å². The third-order valence-electron chi connectivity index (χ3n) is 3.81. The number of benzene rings is 1. The number of nitrogens with two attached hydrogens (primary N) is 1. The molecule has 4 nitrogen and oxygen atoms in total. The van der Waals surface area contributed by atoms with E-state index in [0.29, 0.717) is 5.56 Å². The molecule has 7 heteroatoms. The van der Waals surface area contributed by atoms with E-state index in [-0.39, 0.29) is 26.4 Å². The fourth-order valence-corrected chi connectivity index (χ4v) is 4.56. The van der Waals surface area contributed by atoms with Crippen LogP contribution in [0.2, 0.25) is 5.02 Å². The Balaban J connectivity index is 2.20. The predicted molar refractivity (Wildman–Crippen MR) is 89.1 cm³/mol. The number of sulfonamides is 1. The third kappa shape index (κ3) is 3.94. The standard InChI is InChI=1S/C14H19ClN2O2S2/c1-14(2)6-5-9(8-14)17-21(18,19)10-3-4-11(13(16)20)12(15)7-10/h3-4,7,9,17H,5-6,8H2,1-2H3,(H2,16,20). The van der Waals surface area contributed by atoms with E-state index in [1.165, 1.54) is 18.2 Å². The van der Waals surface area contributed by atoms with Crippen LogP contribution < -0.4 is 10.5 Å². The Labute approximate surface area is 136 Å². The third-order valence-corrected chi connectivity index (χ3v) is 5.86. The molecule has 1 aliphatic carbocycles. The molecule has 0 heterocycles. The first-order chi connectivity index (χ1) is 9.61. The highest BCUT2D eigenvalue weighted by Gasteiger charge is 2.33. The van der Waals surface area contributed by atoms with Gasteiger partial charge in [0.2, 0.25) is 10.0 Å². The summed E-state index contributed by atoms with van der Waals surface area (Å²) in [4.78, 5) is 0.284. The molecule has 1 aliphatic rings. The highest BCUT2D eigenvalue weighted by Crippen LogP contribution is 2.37. The van der Waals surface area contributed by atoms with E-state index in [2.05, 4.69) is 18.6 Å². The van der Waals surface area contributed by atoms with Gasteiger partial charge in [0.15, 0.2) is 0 Å². The molecule has 116 valence electrons. The van der Waals surface area contributed by atoms with Gasteiger partial charge >= 0.3 is 0 Å². The molecule has 0 radical (unpaired) electrons. The maximum absolute atomic E-state index is 12.4. The number of rotatable bonds is 4. The summed E-state index contributed by atoms with van der Waals surface area (Å²) in [6, 6.07) is 4.37. The van der Waals surface area contributed by atoms with Crippen molar-refractivity contribution < 1.29 is 8.42 Å². The Kier molecular flexibility index (Phi) is 4.63. The second-order valence-corrected chi connectivity index (χ2v) is 8.79.